The van der Waals surface area contributed by atoms with Crippen molar-refractivity contribution in [2.24, 2.45) is 0 Å². The predicted octanol–water partition coefficient (Wildman–Crippen LogP) is 2.51. The van der Waals surface area contributed by atoms with E-state index in [9.17, 15) is 9.90 Å². The summed E-state index contributed by atoms with van der Waals surface area (Å²) in [6, 6.07) is 19.5. The molecule has 1 amide bonds. The number of rotatable bonds is 5. The van der Waals surface area contributed by atoms with E-state index in [1.54, 1.807) is 0 Å². The number of nitrogens with zero attached hydrogens (tertiary/aromatic N) is 2. The SMILES string of the molecule is CCN(C(=O)[O-])C(=C(c1ccccc1)N1CCOCC1)c1ccccc1. The normalized spacial score (nSPS) is 15.3. The van der Waals surface area contributed by atoms with Crippen molar-refractivity contribution in [2.75, 3.05) is 32.8 Å². The molecular formula is C21H23N2O3-. The molecule has 5 nitrogen and oxygen atoms in total. The summed E-state index contributed by atoms with van der Waals surface area (Å²) in [6.07, 6.45) is -1.20. The van der Waals surface area contributed by atoms with Crippen LogP contribution in [0.3, 0.4) is 0 Å². The number of hydrogen-bond donors (Lipinski definition) is 0. The number of ether oxygens (including phenoxy) is 1. The summed E-state index contributed by atoms with van der Waals surface area (Å²) in [5, 5.41) is 11.9. The molecule has 2 aromatic carbocycles. The Kier molecular flexibility index (Phi) is 5.92. The van der Waals surface area contributed by atoms with Crippen LogP contribution in [0.5, 0.6) is 0 Å². The molecule has 0 atom stereocenters. The zero-order chi connectivity index (χ0) is 18.4. The highest BCUT2D eigenvalue weighted by Gasteiger charge is 2.24. The molecule has 26 heavy (non-hydrogen) atoms. The zero-order valence-corrected chi connectivity index (χ0v) is 14.9. The van der Waals surface area contributed by atoms with E-state index in [-0.39, 0.29) is 0 Å². The summed E-state index contributed by atoms with van der Waals surface area (Å²) < 4.78 is 5.50. The fourth-order valence-corrected chi connectivity index (χ4v) is 3.25. The van der Waals surface area contributed by atoms with Crippen LogP contribution in [0.25, 0.3) is 11.4 Å². The first-order valence-corrected chi connectivity index (χ1v) is 8.88. The topological polar surface area (TPSA) is 55.8 Å². The van der Waals surface area contributed by atoms with Crippen molar-refractivity contribution in [2.45, 2.75) is 6.92 Å². The Hall–Kier alpha value is -2.79. The molecule has 0 spiro atoms. The van der Waals surface area contributed by atoms with E-state index in [1.165, 1.54) is 4.90 Å². The molecule has 0 N–H and O–H groups in total. The second-order valence-electron chi connectivity index (χ2n) is 6.04. The molecule has 0 unspecified atom stereocenters. The van der Waals surface area contributed by atoms with Gasteiger partial charge in [0.1, 0.15) is 6.09 Å². The summed E-state index contributed by atoms with van der Waals surface area (Å²) in [4.78, 5) is 15.4. The van der Waals surface area contributed by atoms with Gasteiger partial charge in [0.15, 0.2) is 0 Å². The van der Waals surface area contributed by atoms with Gasteiger partial charge in [0.25, 0.3) is 0 Å². The number of hydrogen-bond acceptors (Lipinski definition) is 4. The molecule has 3 rings (SSSR count). The molecule has 136 valence electrons. The monoisotopic (exact) mass is 351 g/mol. The molecular weight excluding hydrogens is 328 g/mol. The van der Waals surface area contributed by atoms with Crippen molar-refractivity contribution in [1.29, 1.82) is 0 Å². The van der Waals surface area contributed by atoms with Crippen LogP contribution in [0.4, 0.5) is 4.79 Å². The van der Waals surface area contributed by atoms with Gasteiger partial charge in [0.2, 0.25) is 0 Å². The highest BCUT2D eigenvalue weighted by atomic mass is 16.5. The van der Waals surface area contributed by atoms with E-state index in [0.717, 1.165) is 16.8 Å². The maximum Gasteiger partial charge on any atom is 0.141 e. The van der Waals surface area contributed by atoms with Gasteiger partial charge in [-0.3, -0.25) is 0 Å². The van der Waals surface area contributed by atoms with Crippen LogP contribution in [0.1, 0.15) is 18.1 Å². The van der Waals surface area contributed by atoms with Crippen LogP contribution < -0.4 is 5.11 Å². The molecule has 0 bridgehead atoms. The Labute approximate surface area is 154 Å². The molecule has 5 heteroatoms. The molecule has 1 fully saturated rings. The summed E-state index contributed by atoms with van der Waals surface area (Å²) in [6.45, 7) is 4.80. The average Bonchev–Trinajstić information content (AvgIpc) is 2.70. The quantitative estimate of drug-likeness (QED) is 0.777. The second kappa shape index (κ2) is 8.54. The minimum atomic E-state index is -1.20. The van der Waals surface area contributed by atoms with Gasteiger partial charge in [-0.2, -0.15) is 0 Å². The van der Waals surface area contributed by atoms with E-state index in [0.29, 0.717) is 38.5 Å². The molecule has 1 heterocycles. The Morgan fingerprint density at radius 3 is 2.04 bits per heavy atom. The average molecular weight is 351 g/mol. The van der Waals surface area contributed by atoms with Crippen molar-refractivity contribution in [3.63, 3.8) is 0 Å². The van der Waals surface area contributed by atoms with Gasteiger partial charge in [-0.1, -0.05) is 60.7 Å². The first-order chi connectivity index (χ1) is 12.7. The van der Waals surface area contributed by atoms with Crippen LogP contribution in [0, 0.1) is 0 Å². The first kappa shape index (κ1) is 18.0. The molecule has 1 saturated heterocycles. The van der Waals surface area contributed by atoms with Crippen LogP contribution in [0.2, 0.25) is 0 Å². The van der Waals surface area contributed by atoms with Gasteiger partial charge in [-0.15, -0.1) is 0 Å². The molecule has 0 aliphatic carbocycles. The molecule has 0 radical (unpaired) electrons. The van der Waals surface area contributed by atoms with E-state index < -0.39 is 6.09 Å². The third kappa shape index (κ3) is 3.89. The highest BCUT2D eigenvalue weighted by molar-refractivity contribution is 5.94. The Balaban J connectivity index is 2.26. The van der Waals surface area contributed by atoms with E-state index >= 15 is 0 Å². The number of amides is 1. The lowest BCUT2D eigenvalue weighted by Gasteiger charge is -2.37. The third-order valence-corrected chi connectivity index (χ3v) is 4.45. The second-order valence-corrected chi connectivity index (χ2v) is 6.04. The molecule has 1 aliphatic rings. The number of benzene rings is 2. The lowest BCUT2D eigenvalue weighted by Crippen LogP contribution is -2.42. The van der Waals surface area contributed by atoms with E-state index in [1.807, 2.05) is 67.6 Å². The fourth-order valence-electron chi connectivity index (χ4n) is 3.25. The van der Waals surface area contributed by atoms with Gasteiger partial charge in [0, 0.05) is 25.2 Å². The molecule has 2 aromatic rings. The number of carboxylic acid groups (broad SMARTS) is 1. The van der Waals surface area contributed by atoms with Gasteiger partial charge in [0.05, 0.1) is 24.6 Å². The minimum Gasteiger partial charge on any atom is -0.530 e. The first-order valence-electron chi connectivity index (χ1n) is 8.88. The Bertz CT molecular complexity index is 753. The lowest BCUT2D eigenvalue weighted by molar-refractivity contribution is -0.261. The Morgan fingerprint density at radius 1 is 1.00 bits per heavy atom. The summed E-state index contributed by atoms with van der Waals surface area (Å²) in [5.74, 6) is 0. The van der Waals surface area contributed by atoms with Crippen LogP contribution in [0.15, 0.2) is 60.7 Å². The molecule has 1 aliphatic heterocycles. The lowest BCUT2D eigenvalue weighted by atomic mass is 10.0. The summed E-state index contributed by atoms with van der Waals surface area (Å²) >= 11 is 0. The maximum absolute atomic E-state index is 11.9. The van der Waals surface area contributed by atoms with Crippen molar-refractivity contribution in [3.05, 3.63) is 71.8 Å². The van der Waals surface area contributed by atoms with Crippen LogP contribution in [-0.2, 0) is 4.74 Å². The van der Waals surface area contributed by atoms with Gasteiger partial charge in [-0.05, 0) is 12.5 Å². The third-order valence-electron chi connectivity index (χ3n) is 4.45. The zero-order valence-electron chi connectivity index (χ0n) is 14.9. The Morgan fingerprint density at radius 2 is 1.54 bits per heavy atom. The largest absolute Gasteiger partial charge is 0.530 e. The predicted molar refractivity (Wildman–Crippen MR) is 99.9 cm³/mol. The highest BCUT2D eigenvalue weighted by Crippen LogP contribution is 2.32. The summed E-state index contributed by atoms with van der Waals surface area (Å²) in [5.41, 5.74) is 3.38. The van der Waals surface area contributed by atoms with Crippen molar-refractivity contribution in [3.8, 4) is 0 Å². The van der Waals surface area contributed by atoms with E-state index in [2.05, 4.69) is 4.90 Å². The van der Waals surface area contributed by atoms with Crippen molar-refractivity contribution < 1.29 is 14.6 Å². The maximum atomic E-state index is 11.9. The van der Waals surface area contributed by atoms with Crippen LogP contribution >= 0.6 is 0 Å². The molecule has 0 saturated carbocycles. The van der Waals surface area contributed by atoms with Gasteiger partial charge in [-0.25, -0.2) is 0 Å². The summed E-state index contributed by atoms with van der Waals surface area (Å²) in [7, 11) is 0. The number of carbonyl (C=O) groups is 1. The van der Waals surface area contributed by atoms with Crippen LogP contribution in [-0.4, -0.2) is 48.7 Å². The van der Waals surface area contributed by atoms with Gasteiger partial charge < -0.3 is 24.4 Å². The fraction of sp³-hybridized carbons (Fsp3) is 0.286. The smallest absolute Gasteiger partial charge is 0.141 e. The molecule has 0 aromatic heterocycles. The number of carbonyl (C=O) groups excluding carboxylic acids is 1. The van der Waals surface area contributed by atoms with E-state index in [4.69, 9.17) is 4.74 Å². The van der Waals surface area contributed by atoms with Crippen molar-refractivity contribution in [1.82, 2.24) is 9.80 Å². The van der Waals surface area contributed by atoms with Gasteiger partial charge >= 0.3 is 0 Å². The van der Waals surface area contributed by atoms with Crippen molar-refractivity contribution >= 4 is 17.5 Å². The number of morpholine rings is 1. The standard InChI is InChI=1S/C21H24N2O3/c1-2-23(21(24)25)20(18-11-7-4-8-12-18)19(17-9-5-3-6-10-17)22-13-15-26-16-14-22/h3-12H,2,13-16H2,1H3,(H,24,25)/p-1. The minimum absolute atomic E-state index is 0.313.